The number of non-ortho nitro benzene ring substituents is 1. The van der Waals surface area contributed by atoms with Gasteiger partial charge < -0.3 is 14.6 Å². The number of carbonyl (C=O) groups is 2. The second-order valence-electron chi connectivity index (χ2n) is 7.76. The molecule has 178 valence electrons. The highest BCUT2D eigenvalue weighted by Gasteiger charge is 2.17. The predicted octanol–water partition coefficient (Wildman–Crippen LogP) is 3.74. The molecule has 0 saturated carbocycles. The predicted molar refractivity (Wildman–Crippen MR) is 130 cm³/mol. The molecule has 0 aliphatic heterocycles. The number of nitrogens with zero attached hydrogens (tertiary/aromatic N) is 3. The molecule has 2 amide bonds. The molecule has 1 aromatic heterocycles. The van der Waals surface area contributed by atoms with Gasteiger partial charge in [-0.05, 0) is 42.8 Å². The van der Waals surface area contributed by atoms with Crippen LogP contribution < -0.4 is 16.0 Å². The molecule has 0 radical (unpaired) electrons. The van der Waals surface area contributed by atoms with Crippen LogP contribution in [0.3, 0.4) is 0 Å². The fourth-order valence-corrected chi connectivity index (χ4v) is 3.75. The topological polar surface area (TPSA) is 128 Å². The lowest BCUT2D eigenvalue weighted by Gasteiger charge is -2.21. The summed E-state index contributed by atoms with van der Waals surface area (Å²) in [6, 6.07) is 20.0. The number of amides is 2. The Morgan fingerprint density at radius 1 is 1.06 bits per heavy atom. The summed E-state index contributed by atoms with van der Waals surface area (Å²) >= 11 is 0. The number of fused-ring (bicyclic) bond motifs is 1. The lowest BCUT2D eigenvalue weighted by Crippen LogP contribution is -2.31. The van der Waals surface area contributed by atoms with E-state index in [1.54, 1.807) is 29.2 Å². The number of likely N-dealkylation sites (N-methyl/N-ethyl adjacent to an activating group) is 1. The summed E-state index contributed by atoms with van der Waals surface area (Å²) in [6.07, 6.45) is 0.208. The Kier molecular flexibility index (Phi) is 6.72. The van der Waals surface area contributed by atoms with E-state index in [1.165, 1.54) is 12.1 Å². The number of carbonyl (C=O) groups excluding carboxylic acids is 2. The van der Waals surface area contributed by atoms with Crippen LogP contribution in [-0.2, 0) is 22.6 Å². The maximum absolute atomic E-state index is 12.8. The summed E-state index contributed by atoms with van der Waals surface area (Å²) in [7, 11) is 0. The van der Waals surface area contributed by atoms with Gasteiger partial charge in [0, 0.05) is 24.0 Å². The van der Waals surface area contributed by atoms with Gasteiger partial charge in [-0.15, -0.1) is 0 Å². The number of aromatic nitrogens is 1. The first-order valence-corrected chi connectivity index (χ1v) is 10.9. The number of hydrogen-bond donors (Lipinski definition) is 1. The Hall–Kier alpha value is -4.73. The molecule has 1 heterocycles. The van der Waals surface area contributed by atoms with E-state index in [0.717, 1.165) is 21.9 Å². The molecule has 10 nitrogen and oxygen atoms in total. The van der Waals surface area contributed by atoms with Crippen LogP contribution in [0.1, 0.15) is 12.5 Å². The number of anilines is 2. The van der Waals surface area contributed by atoms with E-state index < -0.39 is 16.6 Å². The highest BCUT2D eigenvalue weighted by molar-refractivity contribution is 5.95. The largest absolute Gasteiger partial charge is 0.420 e. The van der Waals surface area contributed by atoms with Crippen molar-refractivity contribution in [3.8, 4) is 0 Å². The van der Waals surface area contributed by atoms with Crippen molar-refractivity contribution in [2.45, 2.75) is 19.9 Å². The monoisotopic (exact) mass is 474 g/mol. The molecule has 4 rings (SSSR count). The number of nitro groups is 1. The minimum absolute atomic E-state index is 0.0302. The number of benzene rings is 3. The first kappa shape index (κ1) is 23.4. The molecular weight excluding hydrogens is 452 g/mol. The molecular formula is C25H22N4O6. The van der Waals surface area contributed by atoms with Crippen molar-refractivity contribution >= 4 is 40.0 Å². The third-order valence-corrected chi connectivity index (χ3v) is 5.44. The fourth-order valence-electron chi connectivity index (χ4n) is 3.75. The second kappa shape index (κ2) is 10.0. The minimum atomic E-state index is -0.789. The van der Waals surface area contributed by atoms with Crippen LogP contribution in [0.5, 0.6) is 0 Å². The molecule has 0 aliphatic carbocycles. The van der Waals surface area contributed by atoms with E-state index >= 15 is 0 Å². The number of nitrogens with one attached hydrogen (secondary N) is 1. The highest BCUT2D eigenvalue weighted by atomic mass is 16.6. The van der Waals surface area contributed by atoms with Gasteiger partial charge in [0.05, 0.1) is 22.9 Å². The van der Waals surface area contributed by atoms with Crippen molar-refractivity contribution in [3.63, 3.8) is 0 Å². The Labute approximate surface area is 199 Å². The summed E-state index contributed by atoms with van der Waals surface area (Å²) in [4.78, 5) is 49.4. The van der Waals surface area contributed by atoms with E-state index in [1.807, 2.05) is 37.3 Å². The van der Waals surface area contributed by atoms with Gasteiger partial charge in [0.2, 0.25) is 11.8 Å². The van der Waals surface area contributed by atoms with E-state index in [4.69, 9.17) is 4.42 Å². The van der Waals surface area contributed by atoms with Gasteiger partial charge in [-0.25, -0.2) is 4.79 Å². The van der Waals surface area contributed by atoms with Crippen molar-refractivity contribution in [3.05, 3.63) is 99.0 Å². The van der Waals surface area contributed by atoms with Crippen molar-refractivity contribution in [2.24, 2.45) is 0 Å². The lowest BCUT2D eigenvalue weighted by molar-refractivity contribution is -0.384. The highest BCUT2D eigenvalue weighted by Crippen LogP contribution is 2.20. The third kappa shape index (κ3) is 5.27. The van der Waals surface area contributed by atoms with Gasteiger partial charge in [0.15, 0.2) is 5.58 Å². The van der Waals surface area contributed by atoms with Crippen molar-refractivity contribution in [1.29, 1.82) is 0 Å². The Morgan fingerprint density at radius 3 is 2.43 bits per heavy atom. The van der Waals surface area contributed by atoms with Gasteiger partial charge in [-0.2, -0.15) is 0 Å². The Bertz CT molecular complexity index is 1440. The average Bonchev–Trinajstić information content (AvgIpc) is 3.15. The summed E-state index contributed by atoms with van der Waals surface area (Å²) in [5.74, 6) is -1.30. The van der Waals surface area contributed by atoms with Crippen LogP contribution in [0.15, 0.2) is 82.0 Å². The molecule has 0 saturated heterocycles. The molecule has 3 aromatic carbocycles. The van der Waals surface area contributed by atoms with Gasteiger partial charge >= 0.3 is 5.76 Å². The fraction of sp³-hybridized carbons (Fsp3) is 0.160. The van der Waals surface area contributed by atoms with Crippen LogP contribution in [0.2, 0.25) is 0 Å². The number of rotatable bonds is 8. The Morgan fingerprint density at radius 2 is 1.77 bits per heavy atom. The Balaban J connectivity index is 1.40. The molecule has 0 bridgehead atoms. The molecule has 0 atom stereocenters. The zero-order valence-corrected chi connectivity index (χ0v) is 18.8. The number of hydrogen-bond acceptors (Lipinski definition) is 6. The summed E-state index contributed by atoms with van der Waals surface area (Å²) in [5, 5.41) is 13.6. The van der Waals surface area contributed by atoms with Crippen molar-refractivity contribution < 1.29 is 18.9 Å². The molecule has 35 heavy (non-hydrogen) atoms. The first-order valence-electron chi connectivity index (χ1n) is 10.9. The second-order valence-corrected chi connectivity index (χ2v) is 7.76. The average molecular weight is 474 g/mol. The van der Waals surface area contributed by atoms with Gasteiger partial charge in [-0.3, -0.25) is 24.3 Å². The molecule has 0 aliphatic rings. The summed E-state index contributed by atoms with van der Waals surface area (Å²) < 4.78 is 6.14. The van der Waals surface area contributed by atoms with E-state index in [0.29, 0.717) is 12.2 Å². The normalized spacial score (nSPS) is 10.8. The van der Waals surface area contributed by atoms with Crippen LogP contribution >= 0.6 is 0 Å². The third-order valence-electron chi connectivity index (χ3n) is 5.44. The number of nitro benzene ring substituents is 1. The van der Waals surface area contributed by atoms with E-state index in [9.17, 15) is 24.5 Å². The smallest absolute Gasteiger partial charge is 0.407 e. The molecule has 10 heteroatoms. The van der Waals surface area contributed by atoms with Gasteiger partial charge in [0.25, 0.3) is 5.69 Å². The first-order chi connectivity index (χ1) is 16.9. The quantitative estimate of drug-likeness (QED) is 0.306. The molecule has 0 spiro atoms. The number of para-hydroxylation sites is 1. The maximum Gasteiger partial charge on any atom is 0.420 e. The lowest BCUT2D eigenvalue weighted by atomic mass is 10.1. The van der Waals surface area contributed by atoms with Gasteiger partial charge in [-0.1, -0.05) is 30.3 Å². The van der Waals surface area contributed by atoms with Crippen LogP contribution in [-0.4, -0.2) is 27.8 Å². The zero-order chi connectivity index (χ0) is 24.9. The standard InChI is InChI=1S/C25H22N4O6/c1-2-27(19-6-4-3-5-7-19)24(31)14-17-8-10-18(11-9-17)26-23(30)16-28-21-13-12-20(29(33)34)15-22(21)35-25(28)32/h3-13,15H,2,14,16H2,1H3,(H,26,30). The molecule has 4 aromatic rings. The van der Waals surface area contributed by atoms with Crippen LogP contribution in [0.25, 0.3) is 11.1 Å². The molecule has 1 N–H and O–H groups in total. The van der Waals surface area contributed by atoms with E-state index in [2.05, 4.69) is 5.32 Å². The molecule has 0 unspecified atom stereocenters. The number of oxazole rings is 1. The van der Waals surface area contributed by atoms with Gasteiger partial charge in [0.1, 0.15) is 6.54 Å². The van der Waals surface area contributed by atoms with Crippen LogP contribution in [0.4, 0.5) is 17.1 Å². The zero-order valence-electron chi connectivity index (χ0n) is 18.8. The van der Waals surface area contributed by atoms with E-state index in [-0.39, 0.29) is 35.7 Å². The van der Waals surface area contributed by atoms with Crippen molar-refractivity contribution in [1.82, 2.24) is 4.57 Å². The SMILES string of the molecule is CCN(C(=O)Cc1ccc(NC(=O)Cn2c(=O)oc3cc([N+](=O)[O-])ccc32)cc1)c1ccccc1. The summed E-state index contributed by atoms with van der Waals surface area (Å²) in [5.41, 5.74) is 2.22. The minimum Gasteiger partial charge on any atom is -0.407 e. The molecule has 0 fully saturated rings. The van der Waals surface area contributed by atoms with Crippen molar-refractivity contribution in [2.75, 3.05) is 16.8 Å². The maximum atomic E-state index is 12.8. The van der Waals surface area contributed by atoms with Crippen LogP contribution in [0, 0.1) is 10.1 Å². The summed E-state index contributed by atoms with van der Waals surface area (Å²) in [6.45, 7) is 2.14.